The van der Waals surface area contributed by atoms with Gasteiger partial charge >= 0.3 is 0 Å². The van der Waals surface area contributed by atoms with E-state index in [1.807, 2.05) is 6.07 Å². The van der Waals surface area contributed by atoms with E-state index in [1.54, 1.807) is 0 Å². The molecule has 0 saturated heterocycles. The summed E-state index contributed by atoms with van der Waals surface area (Å²) in [4.78, 5) is 0. The van der Waals surface area contributed by atoms with Gasteiger partial charge in [-0.1, -0.05) is 30.7 Å². The van der Waals surface area contributed by atoms with Gasteiger partial charge in [0.1, 0.15) is 0 Å². The van der Waals surface area contributed by atoms with Gasteiger partial charge in [-0.2, -0.15) is 0 Å². The Morgan fingerprint density at radius 3 is 2.76 bits per heavy atom. The summed E-state index contributed by atoms with van der Waals surface area (Å²) in [5, 5.41) is 1.22. The van der Waals surface area contributed by atoms with Gasteiger partial charge in [-0.05, 0) is 61.6 Å². The molecule has 0 bridgehead atoms. The Balaban J connectivity index is 2.08. The molecule has 1 saturated carbocycles. The van der Waals surface area contributed by atoms with Crippen LogP contribution in [0.3, 0.4) is 0 Å². The molecule has 1 aromatic rings. The largest absolute Gasteiger partial charge is 0.123 e. The van der Waals surface area contributed by atoms with Crippen LogP contribution < -0.4 is 0 Å². The molecule has 0 amide bonds. The van der Waals surface area contributed by atoms with Crippen molar-refractivity contribution < 1.29 is 0 Å². The molecule has 1 aromatic carbocycles. The van der Waals surface area contributed by atoms with Crippen LogP contribution in [0.1, 0.15) is 37.3 Å². The molecule has 0 heterocycles. The predicted octanol–water partition coefficient (Wildman–Crippen LogP) is 5.23. The van der Waals surface area contributed by atoms with E-state index in [2.05, 4.69) is 26.0 Å². The Hall–Kier alpha value is -0.200. The van der Waals surface area contributed by atoms with Gasteiger partial charge in [0.2, 0.25) is 0 Å². The third-order valence-corrected chi connectivity index (χ3v) is 4.77. The summed E-state index contributed by atoms with van der Waals surface area (Å²) in [5.41, 5.74) is 2.47. The van der Waals surface area contributed by atoms with E-state index >= 15 is 0 Å². The minimum atomic E-state index is 0.323. The first-order valence-electron chi connectivity index (χ1n) is 6.45. The van der Waals surface area contributed by atoms with E-state index in [4.69, 9.17) is 23.2 Å². The van der Waals surface area contributed by atoms with Gasteiger partial charge in [-0.15, -0.1) is 11.6 Å². The third kappa shape index (κ3) is 3.39. The van der Waals surface area contributed by atoms with Crippen LogP contribution in [-0.4, -0.2) is 5.38 Å². The summed E-state index contributed by atoms with van der Waals surface area (Å²) in [6, 6.07) is 6.34. The molecule has 3 atom stereocenters. The van der Waals surface area contributed by atoms with E-state index in [-0.39, 0.29) is 0 Å². The molecule has 0 spiro atoms. The summed E-state index contributed by atoms with van der Waals surface area (Å²) in [5.74, 6) is 1.39. The van der Waals surface area contributed by atoms with Crippen LogP contribution >= 0.6 is 23.2 Å². The molecule has 1 fully saturated rings. The van der Waals surface area contributed by atoms with Crippen molar-refractivity contribution in [3.8, 4) is 0 Å². The van der Waals surface area contributed by atoms with Crippen LogP contribution in [0.15, 0.2) is 18.2 Å². The van der Waals surface area contributed by atoms with Crippen LogP contribution in [0.2, 0.25) is 5.02 Å². The first-order valence-corrected chi connectivity index (χ1v) is 7.27. The normalized spacial score (nSPS) is 29.3. The molecule has 94 valence electrons. The van der Waals surface area contributed by atoms with Crippen LogP contribution in [0.4, 0.5) is 0 Å². The Labute approximate surface area is 114 Å². The number of alkyl halides is 1. The van der Waals surface area contributed by atoms with Crippen molar-refractivity contribution in [2.24, 2.45) is 11.8 Å². The molecule has 2 heteroatoms. The number of benzene rings is 1. The lowest BCUT2D eigenvalue weighted by Crippen LogP contribution is -2.26. The summed E-state index contributed by atoms with van der Waals surface area (Å²) in [6.45, 7) is 4.40. The van der Waals surface area contributed by atoms with Gasteiger partial charge in [-0.25, -0.2) is 0 Å². The fourth-order valence-corrected chi connectivity index (χ4v) is 3.40. The highest BCUT2D eigenvalue weighted by atomic mass is 35.5. The summed E-state index contributed by atoms with van der Waals surface area (Å²) in [6.07, 6.45) is 4.68. The highest BCUT2D eigenvalue weighted by Crippen LogP contribution is 2.35. The standard InChI is InChI=1S/C15H20Cl2/c1-10-4-6-14(16)13(7-10)9-12-5-3-11(2)8-15(12)17/h3,5,8,10,13-14H,4,6-7,9H2,1-2H3. The van der Waals surface area contributed by atoms with Gasteiger partial charge in [0.05, 0.1) is 0 Å². The van der Waals surface area contributed by atoms with Crippen molar-refractivity contribution in [1.29, 1.82) is 0 Å². The maximum absolute atomic E-state index is 6.44. The molecule has 0 radical (unpaired) electrons. The van der Waals surface area contributed by atoms with Gasteiger partial charge in [0.15, 0.2) is 0 Å². The molecule has 0 nitrogen and oxygen atoms in total. The van der Waals surface area contributed by atoms with E-state index in [0.29, 0.717) is 11.3 Å². The SMILES string of the molecule is Cc1ccc(CC2CC(C)CCC2Cl)c(Cl)c1. The molecule has 0 N–H and O–H groups in total. The topological polar surface area (TPSA) is 0 Å². The van der Waals surface area contributed by atoms with Gasteiger partial charge in [-0.3, -0.25) is 0 Å². The zero-order valence-corrected chi connectivity index (χ0v) is 12.1. The molecule has 17 heavy (non-hydrogen) atoms. The number of aryl methyl sites for hydroxylation is 1. The first-order chi connectivity index (χ1) is 8.06. The van der Waals surface area contributed by atoms with Gasteiger partial charge in [0.25, 0.3) is 0 Å². The van der Waals surface area contributed by atoms with Crippen molar-refractivity contribution in [3.63, 3.8) is 0 Å². The van der Waals surface area contributed by atoms with Gasteiger partial charge < -0.3 is 0 Å². The Kier molecular flexibility index (Phi) is 4.38. The quantitative estimate of drug-likeness (QED) is 0.646. The highest BCUT2D eigenvalue weighted by Gasteiger charge is 2.27. The Morgan fingerprint density at radius 1 is 1.29 bits per heavy atom. The van der Waals surface area contributed by atoms with E-state index in [9.17, 15) is 0 Å². The monoisotopic (exact) mass is 270 g/mol. The number of hydrogen-bond donors (Lipinski definition) is 0. The first kappa shape index (κ1) is 13.2. The van der Waals surface area contributed by atoms with Crippen LogP contribution in [0.25, 0.3) is 0 Å². The fraction of sp³-hybridized carbons (Fsp3) is 0.600. The van der Waals surface area contributed by atoms with E-state index < -0.39 is 0 Å². The number of rotatable bonds is 2. The van der Waals surface area contributed by atoms with Crippen molar-refractivity contribution in [2.45, 2.75) is 44.9 Å². The van der Waals surface area contributed by atoms with Crippen LogP contribution in [0.5, 0.6) is 0 Å². The maximum Gasteiger partial charge on any atom is 0.0440 e. The molecular weight excluding hydrogens is 251 g/mol. The van der Waals surface area contributed by atoms with Crippen molar-refractivity contribution in [2.75, 3.05) is 0 Å². The molecule has 1 aliphatic carbocycles. The number of halogens is 2. The molecular formula is C15H20Cl2. The number of hydrogen-bond acceptors (Lipinski definition) is 0. The summed E-state index contributed by atoms with van der Waals surface area (Å²) < 4.78 is 0. The zero-order chi connectivity index (χ0) is 12.4. The van der Waals surface area contributed by atoms with Crippen molar-refractivity contribution in [3.05, 3.63) is 34.3 Å². The second kappa shape index (κ2) is 5.63. The Bertz CT molecular complexity index is 387. The second-order valence-electron chi connectivity index (χ2n) is 5.49. The lowest BCUT2D eigenvalue weighted by molar-refractivity contribution is 0.287. The third-order valence-electron chi connectivity index (χ3n) is 3.84. The molecule has 0 aliphatic heterocycles. The predicted molar refractivity (Wildman–Crippen MR) is 76.0 cm³/mol. The molecule has 3 unspecified atom stereocenters. The smallest absolute Gasteiger partial charge is 0.0440 e. The fourth-order valence-electron chi connectivity index (χ4n) is 2.77. The lowest BCUT2D eigenvalue weighted by atomic mass is 9.79. The van der Waals surface area contributed by atoms with Crippen molar-refractivity contribution in [1.82, 2.24) is 0 Å². The summed E-state index contributed by atoms with van der Waals surface area (Å²) >= 11 is 12.7. The summed E-state index contributed by atoms with van der Waals surface area (Å²) in [7, 11) is 0. The average molecular weight is 271 g/mol. The molecule has 0 aromatic heterocycles. The Morgan fingerprint density at radius 2 is 2.06 bits per heavy atom. The average Bonchev–Trinajstić information content (AvgIpc) is 2.27. The van der Waals surface area contributed by atoms with E-state index in [1.165, 1.54) is 24.0 Å². The van der Waals surface area contributed by atoms with Crippen LogP contribution in [-0.2, 0) is 6.42 Å². The maximum atomic E-state index is 6.44. The molecule has 1 aliphatic rings. The van der Waals surface area contributed by atoms with E-state index in [0.717, 1.165) is 23.8 Å². The van der Waals surface area contributed by atoms with Crippen LogP contribution in [0, 0.1) is 18.8 Å². The van der Waals surface area contributed by atoms with Gasteiger partial charge in [0, 0.05) is 10.4 Å². The minimum absolute atomic E-state index is 0.323. The molecule has 2 rings (SSSR count). The second-order valence-corrected chi connectivity index (χ2v) is 6.46. The highest BCUT2D eigenvalue weighted by molar-refractivity contribution is 6.31. The van der Waals surface area contributed by atoms with Crippen molar-refractivity contribution >= 4 is 23.2 Å². The lowest BCUT2D eigenvalue weighted by Gasteiger charge is -2.31. The minimum Gasteiger partial charge on any atom is -0.123 e. The zero-order valence-electron chi connectivity index (χ0n) is 10.5.